The molecule has 2 bridgehead atoms. The highest BCUT2D eigenvalue weighted by Gasteiger charge is 2.45. The Bertz CT molecular complexity index is 761. The van der Waals surface area contributed by atoms with Gasteiger partial charge in [-0.1, -0.05) is 11.8 Å². The summed E-state index contributed by atoms with van der Waals surface area (Å²) in [7, 11) is 0. The maximum Gasteiger partial charge on any atom is 0.189 e. The monoisotopic (exact) mass is 324 g/mol. The molecule has 116 valence electrons. The van der Waals surface area contributed by atoms with E-state index < -0.39 is 0 Å². The average molecular weight is 324 g/mol. The Kier molecular flexibility index (Phi) is 3.54. The fourth-order valence-electron chi connectivity index (χ4n) is 3.47. The number of pyridine rings is 1. The predicted octanol–water partition coefficient (Wildman–Crippen LogP) is 1.93. The van der Waals surface area contributed by atoms with Gasteiger partial charge in [0.2, 0.25) is 0 Å². The van der Waals surface area contributed by atoms with Crippen LogP contribution in [0.2, 0.25) is 0 Å². The van der Waals surface area contributed by atoms with Gasteiger partial charge in [0.1, 0.15) is 17.6 Å². The molecule has 2 unspecified atom stereocenters. The normalized spacial score (nSPS) is 22.4. The van der Waals surface area contributed by atoms with Crippen LogP contribution < -0.4 is 9.80 Å². The van der Waals surface area contributed by atoms with Crippen molar-refractivity contribution in [1.29, 1.82) is 5.26 Å². The molecule has 3 saturated heterocycles. The third-order valence-electron chi connectivity index (χ3n) is 4.47. The molecule has 0 radical (unpaired) electrons. The topological polar surface area (TPSA) is 68.9 Å². The minimum atomic E-state index is 0.468. The van der Waals surface area contributed by atoms with E-state index in [0.29, 0.717) is 17.8 Å². The van der Waals surface area contributed by atoms with E-state index in [2.05, 4.69) is 30.8 Å². The van der Waals surface area contributed by atoms with Crippen molar-refractivity contribution in [3.8, 4) is 6.07 Å². The molecule has 0 saturated carbocycles. The molecular weight excluding hydrogens is 308 g/mol. The van der Waals surface area contributed by atoms with Crippen molar-refractivity contribution in [2.75, 3.05) is 29.1 Å². The van der Waals surface area contributed by atoms with E-state index in [4.69, 9.17) is 5.26 Å². The number of hydrogen-bond acceptors (Lipinski definition) is 7. The van der Waals surface area contributed by atoms with Crippen molar-refractivity contribution in [2.24, 2.45) is 0 Å². The van der Waals surface area contributed by atoms with Crippen LogP contribution in [0.15, 0.2) is 35.7 Å². The number of hydrogen-bond donors (Lipinski definition) is 0. The van der Waals surface area contributed by atoms with Crippen molar-refractivity contribution >= 4 is 23.3 Å². The molecule has 3 aliphatic heterocycles. The van der Waals surface area contributed by atoms with Gasteiger partial charge in [-0.3, -0.25) is 0 Å². The number of piperidine rings is 1. The molecule has 6 nitrogen and oxygen atoms in total. The van der Waals surface area contributed by atoms with Crippen LogP contribution >= 0.6 is 11.8 Å². The molecule has 3 fully saturated rings. The SMILES string of the molecule is CSc1nccc(N2CC3CC(C2)N3c2ccnc(C#N)c2)n1. The van der Waals surface area contributed by atoms with E-state index in [9.17, 15) is 0 Å². The molecule has 7 heteroatoms. The standard InChI is InChI=1S/C16H16N6S/c1-23-16-19-5-3-15(20-16)21-9-13-7-14(10-21)22(13)12-2-4-18-11(6-12)8-17/h2-6,13-14H,7,9-10H2,1H3. The molecule has 0 aromatic carbocycles. The van der Waals surface area contributed by atoms with Gasteiger partial charge in [0, 0.05) is 43.3 Å². The van der Waals surface area contributed by atoms with Crippen LogP contribution in [0.5, 0.6) is 0 Å². The molecule has 0 spiro atoms. The maximum atomic E-state index is 9.02. The summed E-state index contributed by atoms with van der Waals surface area (Å²) in [6.07, 6.45) is 6.73. The zero-order valence-corrected chi connectivity index (χ0v) is 13.6. The van der Waals surface area contributed by atoms with Crippen LogP contribution in [0.25, 0.3) is 0 Å². The summed E-state index contributed by atoms with van der Waals surface area (Å²) in [6, 6.07) is 8.91. The predicted molar refractivity (Wildman–Crippen MR) is 89.7 cm³/mol. The summed E-state index contributed by atoms with van der Waals surface area (Å²) in [5, 5.41) is 9.83. The van der Waals surface area contributed by atoms with Crippen LogP contribution in [0.1, 0.15) is 12.1 Å². The van der Waals surface area contributed by atoms with Gasteiger partial charge >= 0.3 is 0 Å². The second kappa shape index (κ2) is 5.70. The first-order chi connectivity index (χ1) is 11.3. The Labute approximate surface area is 139 Å². The van der Waals surface area contributed by atoms with Gasteiger partial charge in [-0.2, -0.15) is 5.26 Å². The Balaban J connectivity index is 1.53. The largest absolute Gasteiger partial charge is 0.362 e. The summed E-state index contributed by atoms with van der Waals surface area (Å²) < 4.78 is 0. The first-order valence-corrected chi connectivity index (χ1v) is 8.77. The Hall–Kier alpha value is -2.33. The van der Waals surface area contributed by atoms with E-state index >= 15 is 0 Å². The third kappa shape index (κ3) is 2.49. The summed E-state index contributed by atoms with van der Waals surface area (Å²) >= 11 is 1.56. The zero-order valence-electron chi connectivity index (χ0n) is 12.8. The molecule has 3 aliphatic rings. The number of piperazine rings is 1. The lowest BCUT2D eigenvalue weighted by Gasteiger charge is -2.57. The molecule has 0 N–H and O–H groups in total. The van der Waals surface area contributed by atoms with Crippen molar-refractivity contribution in [3.63, 3.8) is 0 Å². The molecule has 23 heavy (non-hydrogen) atoms. The van der Waals surface area contributed by atoms with E-state index in [0.717, 1.165) is 29.8 Å². The van der Waals surface area contributed by atoms with Gasteiger partial charge in [-0.25, -0.2) is 15.0 Å². The number of aromatic nitrogens is 3. The van der Waals surface area contributed by atoms with Crippen LogP contribution in [0.4, 0.5) is 11.5 Å². The summed E-state index contributed by atoms with van der Waals surface area (Å²) in [5.41, 5.74) is 1.58. The second-order valence-electron chi connectivity index (χ2n) is 5.77. The molecule has 5 rings (SSSR count). The minimum absolute atomic E-state index is 0.468. The molecular formula is C16H16N6S. The second-order valence-corrected chi connectivity index (χ2v) is 6.54. The highest BCUT2D eigenvalue weighted by molar-refractivity contribution is 7.98. The van der Waals surface area contributed by atoms with Crippen molar-refractivity contribution in [2.45, 2.75) is 23.7 Å². The van der Waals surface area contributed by atoms with Crippen LogP contribution in [-0.2, 0) is 0 Å². The minimum Gasteiger partial charge on any atom is -0.362 e. The smallest absolute Gasteiger partial charge is 0.189 e. The molecule has 5 heterocycles. The summed E-state index contributed by atoms with van der Waals surface area (Å²) in [4.78, 5) is 17.6. The lowest BCUT2D eigenvalue weighted by atomic mass is 9.86. The Morgan fingerprint density at radius 1 is 1.22 bits per heavy atom. The van der Waals surface area contributed by atoms with Crippen LogP contribution in [-0.4, -0.2) is 46.4 Å². The highest BCUT2D eigenvalue weighted by Crippen LogP contribution is 2.38. The number of fused-ring (bicyclic) bond motifs is 2. The zero-order chi connectivity index (χ0) is 15.8. The van der Waals surface area contributed by atoms with Gasteiger partial charge in [0.25, 0.3) is 0 Å². The van der Waals surface area contributed by atoms with E-state index in [1.165, 1.54) is 6.42 Å². The van der Waals surface area contributed by atoms with Crippen LogP contribution in [0, 0.1) is 11.3 Å². The molecule has 0 aliphatic carbocycles. The number of thioether (sulfide) groups is 1. The molecule has 2 aromatic heterocycles. The van der Waals surface area contributed by atoms with Crippen molar-refractivity contribution < 1.29 is 0 Å². The Morgan fingerprint density at radius 3 is 2.74 bits per heavy atom. The first kappa shape index (κ1) is 14.3. The van der Waals surface area contributed by atoms with Crippen molar-refractivity contribution in [1.82, 2.24) is 15.0 Å². The summed E-state index contributed by atoms with van der Waals surface area (Å²) in [6.45, 7) is 1.90. The highest BCUT2D eigenvalue weighted by atomic mass is 32.2. The lowest BCUT2D eigenvalue weighted by molar-refractivity contribution is 0.290. The molecule has 2 atom stereocenters. The number of rotatable bonds is 3. The molecule has 2 aromatic rings. The molecule has 0 amide bonds. The fourth-order valence-corrected chi connectivity index (χ4v) is 3.82. The quantitative estimate of drug-likeness (QED) is 0.631. The number of nitriles is 1. The number of nitrogens with zero attached hydrogens (tertiary/aromatic N) is 6. The summed E-state index contributed by atoms with van der Waals surface area (Å²) in [5.74, 6) is 1.01. The van der Waals surface area contributed by atoms with Crippen molar-refractivity contribution in [3.05, 3.63) is 36.3 Å². The van der Waals surface area contributed by atoms with E-state index in [1.54, 1.807) is 18.0 Å². The maximum absolute atomic E-state index is 9.02. The average Bonchev–Trinajstić information content (AvgIpc) is 2.62. The fraction of sp³-hybridized carbons (Fsp3) is 0.375. The van der Waals surface area contributed by atoms with E-state index in [-0.39, 0.29) is 0 Å². The van der Waals surface area contributed by atoms with Gasteiger partial charge in [0.15, 0.2) is 5.16 Å². The van der Waals surface area contributed by atoms with Gasteiger partial charge in [-0.15, -0.1) is 0 Å². The van der Waals surface area contributed by atoms with Gasteiger partial charge < -0.3 is 9.80 Å². The van der Waals surface area contributed by atoms with Crippen LogP contribution in [0.3, 0.4) is 0 Å². The van der Waals surface area contributed by atoms with Gasteiger partial charge in [0.05, 0.1) is 0 Å². The Morgan fingerprint density at radius 2 is 2.00 bits per heavy atom. The third-order valence-corrected chi connectivity index (χ3v) is 5.04. The first-order valence-electron chi connectivity index (χ1n) is 7.55. The lowest BCUT2D eigenvalue weighted by Crippen LogP contribution is -2.69. The van der Waals surface area contributed by atoms with E-state index in [1.807, 2.05) is 30.7 Å². The van der Waals surface area contributed by atoms with Gasteiger partial charge in [-0.05, 0) is 30.9 Å². The number of anilines is 2.